The number of nitrogens with one attached hydrogen (secondary N) is 1. The van der Waals surface area contributed by atoms with Gasteiger partial charge in [-0.2, -0.15) is 0 Å². The maximum atomic E-state index is 12.8. The molecule has 0 aromatic heterocycles. The zero-order valence-corrected chi connectivity index (χ0v) is 28.0. The van der Waals surface area contributed by atoms with E-state index in [4.69, 9.17) is 19.9 Å². The Morgan fingerprint density at radius 2 is 0.977 bits per heavy atom. The molecular formula is C34H62N2O8. The average molecular weight is 627 g/mol. The van der Waals surface area contributed by atoms with Crippen molar-refractivity contribution in [3.8, 4) is 0 Å². The van der Waals surface area contributed by atoms with E-state index in [1.807, 2.05) is 0 Å². The number of hydrogen-bond acceptors (Lipinski definition) is 8. The van der Waals surface area contributed by atoms with Gasteiger partial charge in [-0.15, -0.1) is 0 Å². The van der Waals surface area contributed by atoms with E-state index in [2.05, 4.69) is 19.2 Å². The molecule has 0 aromatic rings. The van der Waals surface area contributed by atoms with Crippen LogP contribution in [0.25, 0.3) is 0 Å². The van der Waals surface area contributed by atoms with Crippen molar-refractivity contribution in [2.75, 3.05) is 13.2 Å². The van der Waals surface area contributed by atoms with E-state index in [-0.39, 0.29) is 38.9 Å². The highest BCUT2D eigenvalue weighted by Crippen LogP contribution is 2.13. The van der Waals surface area contributed by atoms with Gasteiger partial charge in [0.05, 0.1) is 0 Å². The Labute approximate surface area is 266 Å². The largest absolute Gasteiger partial charge is 0.462 e. The Kier molecular flexibility index (Phi) is 27.3. The summed E-state index contributed by atoms with van der Waals surface area (Å²) in [6.07, 6.45) is 19.6. The smallest absolute Gasteiger partial charge is 0.329 e. The van der Waals surface area contributed by atoms with Gasteiger partial charge in [-0.1, -0.05) is 117 Å². The van der Waals surface area contributed by atoms with Crippen molar-refractivity contribution in [2.24, 2.45) is 5.73 Å². The molecule has 3 N–H and O–H groups in total. The van der Waals surface area contributed by atoms with Crippen molar-refractivity contribution < 1.29 is 38.2 Å². The Morgan fingerprint density at radius 3 is 1.34 bits per heavy atom. The lowest BCUT2D eigenvalue weighted by Crippen LogP contribution is -2.44. The highest BCUT2D eigenvalue weighted by atomic mass is 16.6. The molecule has 1 atom stereocenters. The summed E-state index contributed by atoms with van der Waals surface area (Å²) in [6.45, 7) is 5.08. The van der Waals surface area contributed by atoms with Crippen LogP contribution < -0.4 is 11.1 Å². The Morgan fingerprint density at radius 1 is 0.591 bits per heavy atom. The van der Waals surface area contributed by atoms with Crippen LogP contribution in [0.5, 0.6) is 0 Å². The first-order valence-corrected chi connectivity index (χ1v) is 17.3. The van der Waals surface area contributed by atoms with Gasteiger partial charge in [0.25, 0.3) is 0 Å². The van der Waals surface area contributed by atoms with Crippen molar-refractivity contribution in [2.45, 2.75) is 174 Å². The topological polar surface area (TPSA) is 151 Å². The van der Waals surface area contributed by atoms with Crippen LogP contribution in [0.1, 0.15) is 162 Å². The Hall–Kier alpha value is -2.65. The fourth-order valence-corrected chi connectivity index (χ4v) is 4.82. The number of amides is 2. The van der Waals surface area contributed by atoms with Crippen LogP contribution >= 0.6 is 0 Å². The van der Waals surface area contributed by atoms with Crippen LogP contribution in [0, 0.1) is 0 Å². The van der Waals surface area contributed by atoms with Crippen molar-refractivity contribution in [3.05, 3.63) is 0 Å². The second-order valence-corrected chi connectivity index (χ2v) is 11.8. The standard InChI is InChI=1S/C34H62N2O8/c1-4-6-8-10-12-14-16-18-20-22-32(39)42-26-29(44-34(41)30(36-28(3)37)24-25-31(35)38)27-43-33(40)23-21-19-17-15-13-11-9-7-5-2/h29-30H,4-27H2,1-3H3,(H2,35,38)(H,36,37)/t30-/m0/s1. The van der Waals surface area contributed by atoms with Gasteiger partial charge < -0.3 is 25.3 Å². The molecule has 0 heterocycles. The monoisotopic (exact) mass is 626 g/mol. The summed E-state index contributed by atoms with van der Waals surface area (Å²) in [6, 6.07) is -1.11. The predicted molar refractivity (Wildman–Crippen MR) is 172 cm³/mol. The zero-order valence-electron chi connectivity index (χ0n) is 28.0. The highest BCUT2D eigenvalue weighted by molar-refractivity contribution is 5.84. The number of rotatable bonds is 30. The normalized spacial score (nSPS) is 11.6. The first-order chi connectivity index (χ1) is 21.2. The summed E-state index contributed by atoms with van der Waals surface area (Å²) in [5, 5.41) is 2.45. The number of ether oxygens (including phenoxy) is 3. The quantitative estimate of drug-likeness (QED) is 0.0514. The summed E-state index contributed by atoms with van der Waals surface area (Å²) in [5.74, 6) is -2.76. The lowest BCUT2D eigenvalue weighted by atomic mass is 10.1. The highest BCUT2D eigenvalue weighted by Gasteiger charge is 2.26. The van der Waals surface area contributed by atoms with Gasteiger partial charge in [0.1, 0.15) is 19.3 Å². The fourth-order valence-electron chi connectivity index (χ4n) is 4.82. The molecule has 0 saturated carbocycles. The third kappa shape index (κ3) is 26.9. The molecule has 0 aliphatic rings. The lowest BCUT2D eigenvalue weighted by Gasteiger charge is -2.22. The summed E-state index contributed by atoms with van der Waals surface area (Å²) in [5.41, 5.74) is 5.20. The van der Waals surface area contributed by atoms with Crippen LogP contribution in [0.15, 0.2) is 0 Å². The lowest BCUT2D eigenvalue weighted by molar-refractivity contribution is -0.168. The third-order valence-electron chi connectivity index (χ3n) is 7.45. The molecule has 0 rings (SSSR count). The van der Waals surface area contributed by atoms with Gasteiger partial charge in [0.15, 0.2) is 6.10 Å². The summed E-state index contributed by atoms with van der Waals surface area (Å²) in [4.78, 5) is 60.4. The van der Waals surface area contributed by atoms with E-state index in [1.54, 1.807) is 0 Å². The van der Waals surface area contributed by atoms with Gasteiger partial charge >= 0.3 is 17.9 Å². The van der Waals surface area contributed by atoms with Crippen molar-refractivity contribution in [1.29, 1.82) is 0 Å². The van der Waals surface area contributed by atoms with E-state index >= 15 is 0 Å². The first-order valence-electron chi connectivity index (χ1n) is 17.3. The van der Waals surface area contributed by atoms with E-state index < -0.39 is 41.9 Å². The molecular weight excluding hydrogens is 564 g/mol. The molecule has 0 radical (unpaired) electrons. The first kappa shape index (κ1) is 41.4. The molecule has 256 valence electrons. The van der Waals surface area contributed by atoms with E-state index in [9.17, 15) is 24.0 Å². The predicted octanol–water partition coefficient (Wildman–Crippen LogP) is 6.60. The van der Waals surface area contributed by atoms with Crippen LogP contribution in [-0.2, 0) is 38.2 Å². The molecule has 2 amide bonds. The fraction of sp³-hybridized carbons (Fsp3) is 0.853. The average Bonchev–Trinajstić information content (AvgIpc) is 2.98. The Bertz CT molecular complexity index is 751. The summed E-state index contributed by atoms with van der Waals surface area (Å²) >= 11 is 0. The van der Waals surface area contributed by atoms with E-state index in [0.29, 0.717) is 12.8 Å². The van der Waals surface area contributed by atoms with Crippen LogP contribution in [0.3, 0.4) is 0 Å². The third-order valence-corrected chi connectivity index (χ3v) is 7.45. The van der Waals surface area contributed by atoms with Gasteiger partial charge in [-0.25, -0.2) is 4.79 Å². The minimum atomic E-state index is -1.11. The number of esters is 3. The van der Waals surface area contributed by atoms with E-state index in [0.717, 1.165) is 38.5 Å². The molecule has 0 fully saturated rings. The van der Waals surface area contributed by atoms with Gasteiger partial charge in [0, 0.05) is 26.2 Å². The molecule has 0 aliphatic carbocycles. The summed E-state index contributed by atoms with van der Waals surface area (Å²) in [7, 11) is 0. The number of unbranched alkanes of at least 4 members (excludes halogenated alkanes) is 16. The van der Waals surface area contributed by atoms with Crippen molar-refractivity contribution in [3.63, 3.8) is 0 Å². The molecule has 10 heteroatoms. The number of primary amides is 1. The van der Waals surface area contributed by atoms with Gasteiger partial charge in [0.2, 0.25) is 11.8 Å². The number of hydrogen-bond donors (Lipinski definition) is 2. The Balaban J connectivity index is 4.71. The van der Waals surface area contributed by atoms with Gasteiger partial charge in [-0.3, -0.25) is 19.2 Å². The van der Waals surface area contributed by atoms with Crippen molar-refractivity contribution in [1.82, 2.24) is 5.32 Å². The molecule has 0 unspecified atom stereocenters. The SMILES string of the molecule is CCCCCCCCCCCC(=O)OCC(COC(=O)CCCCCCCCCCC)OC(=O)[C@H](CCC(N)=O)NC(C)=O. The minimum absolute atomic E-state index is 0.0444. The van der Waals surface area contributed by atoms with Crippen molar-refractivity contribution >= 4 is 29.7 Å². The second-order valence-electron chi connectivity index (χ2n) is 11.8. The number of nitrogens with two attached hydrogens (primary N) is 1. The summed E-state index contributed by atoms with van der Waals surface area (Å²) < 4.78 is 16.2. The van der Waals surface area contributed by atoms with E-state index in [1.165, 1.54) is 71.1 Å². The molecule has 0 aliphatic heterocycles. The molecule has 10 nitrogen and oxygen atoms in total. The zero-order chi connectivity index (χ0) is 32.8. The molecule has 0 bridgehead atoms. The van der Waals surface area contributed by atoms with Gasteiger partial charge in [-0.05, 0) is 19.3 Å². The van der Waals surface area contributed by atoms with Crippen LogP contribution in [0.2, 0.25) is 0 Å². The number of carbonyl (C=O) groups excluding carboxylic acids is 5. The maximum absolute atomic E-state index is 12.8. The van der Waals surface area contributed by atoms with Crippen LogP contribution in [0.4, 0.5) is 0 Å². The second kappa shape index (κ2) is 29.1. The number of carbonyl (C=O) groups is 5. The molecule has 0 aromatic carbocycles. The molecule has 0 saturated heterocycles. The molecule has 44 heavy (non-hydrogen) atoms. The molecule has 0 spiro atoms. The maximum Gasteiger partial charge on any atom is 0.329 e. The minimum Gasteiger partial charge on any atom is -0.462 e. The van der Waals surface area contributed by atoms with Crippen LogP contribution in [-0.4, -0.2) is 55.1 Å².